The van der Waals surface area contributed by atoms with Crippen molar-refractivity contribution in [1.82, 2.24) is 10.6 Å². The minimum atomic E-state index is -1.09. The summed E-state index contributed by atoms with van der Waals surface area (Å²) in [6.07, 6.45) is 4.05. The van der Waals surface area contributed by atoms with Crippen LogP contribution in [0.3, 0.4) is 0 Å². The average Bonchev–Trinajstić information content (AvgIpc) is 3.04. The first-order chi connectivity index (χ1) is 20.6. The molecule has 2 atom stereocenters. The lowest BCUT2D eigenvalue weighted by Gasteiger charge is -2.35. The SMILES string of the molecule is O=C1/C(=C/c2ccccc2)CCCC1C(c1ccccc1)C(C(=O)NCc1ccccc1)C(=O)NCc1ccccc1. The van der Waals surface area contributed by atoms with Gasteiger partial charge < -0.3 is 10.6 Å². The highest BCUT2D eigenvalue weighted by molar-refractivity contribution is 6.05. The van der Waals surface area contributed by atoms with E-state index in [1.807, 2.05) is 127 Å². The summed E-state index contributed by atoms with van der Waals surface area (Å²) in [7, 11) is 0. The van der Waals surface area contributed by atoms with Crippen LogP contribution in [0.1, 0.15) is 47.4 Å². The molecule has 2 N–H and O–H groups in total. The van der Waals surface area contributed by atoms with Crippen molar-refractivity contribution in [2.75, 3.05) is 0 Å². The largest absolute Gasteiger partial charge is 0.351 e. The van der Waals surface area contributed by atoms with E-state index in [1.54, 1.807) is 0 Å². The Morgan fingerprint density at radius 2 is 1.17 bits per heavy atom. The van der Waals surface area contributed by atoms with Gasteiger partial charge in [-0.25, -0.2) is 0 Å². The van der Waals surface area contributed by atoms with Gasteiger partial charge in [-0.05, 0) is 53.2 Å². The summed E-state index contributed by atoms with van der Waals surface area (Å²) in [6, 6.07) is 38.6. The fourth-order valence-electron chi connectivity index (χ4n) is 5.81. The first-order valence-corrected chi connectivity index (χ1v) is 14.6. The Balaban J connectivity index is 1.49. The smallest absolute Gasteiger partial charge is 0.233 e. The van der Waals surface area contributed by atoms with Crippen LogP contribution in [0.4, 0.5) is 0 Å². The summed E-state index contributed by atoms with van der Waals surface area (Å²) in [5.74, 6) is -2.98. The molecule has 1 aliphatic carbocycles. The predicted molar refractivity (Wildman–Crippen MR) is 166 cm³/mol. The second-order valence-electron chi connectivity index (χ2n) is 10.8. The van der Waals surface area contributed by atoms with Crippen LogP contribution in [-0.2, 0) is 27.5 Å². The molecular weight excluding hydrogens is 520 g/mol. The van der Waals surface area contributed by atoms with Gasteiger partial charge in [0.15, 0.2) is 5.78 Å². The molecule has 0 aromatic heterocycles. The summed E-state index contributed by atoms with van der Waals surface area (Å²) >= 11 is 0. The number of nitrogens with one attached hydrogen (secondary N) is 2. The molecule has 0 heterocycles. The Labute approximate surface area is 247 Å². The number of carbonyl (C=O) groups excluding carboxylic acids is 3. The summed E-state index contributed by atoms with van der Waals surface area (Å²) in [6.45, 7) is 0.586. The number of hydrogen-bond acceptors (Lipinski definition) is 3. The van der Waals surface area contributed by atoms with Crippen molar-refractivity contribution in [2.24, 2.45) is 11.8 Å². The third kappa shape index (κ3) is 7.29. The molecule has 0 aliphatic heterocycles. The quantitative estimate of drug-likeness (QED) is 0.174. The van der Waals surface area contributed by atoms with Gasteiger partial charge in [0.2, 0.25) is 11.8 Å². The van der Waals surface area contributed by atoms with Crippen LogP contribution in [0.5, 0.6) is 0 Å². The van der Waals surface area contributed by atoms with E-state index >= 15 is 0 Å². The number of carbonyl (C=O) groups is 3. The summed E-state index contributed by atoms with van der Waals surface area (Å²) < 4.78 is 0. The Bertz CT molecular complexity index is 1450. The maximum absolute atomic E-state index is 14.1. The molecule has 1 fully saturated rings. The maximum atomic E-state index is 14.1. The monoisotopic (exact) mass is 556 g/mol. The molecule has 1 saturated carbocycles. The highest BCUT2D eigenvalue weighted by Crippen LogP contribution is 2.41. The lowest BCUT2D eigenvalue weighted by atomic mass is 9.68. The van der Waals surface area contributed by atoms with Crippen molar-refractivity contribution in [2.45, 2.75) is 38.3 Å². The van der Waals surface area contributed by atoms with Crippen molar-refractivity contribution in [3.05, 3.63) is 149 Å². The van der Waals surface area contributed by atoms with E-state index in [4.69, 9.17) is 0 Å². The van der Waals surface area contributed by atoms with Crippen molar-refractivity contribution < 1.29 is 14.4 Å². The molecule has 4 aromatic carbocycles. The molecule has 5 heteroatoms. The molecule has 0 saturated heterocycles. The average molecular weight is 557 g/mol. The van der Waals surface area contributed by atoms with Gasteiger partial charge in [0.25, 0.3) is 0 Å². The minimum Gasteiger partial charge on any atom is -0.351 e. The summed E-state index contributed by atoms with van der Waals surface area (Å²) in [4.78, 5) is 42.1. The third-order valence-electron chi connectivity index (χ3n) is 7.92. The summed E-state index contributed by atoms with van der Waals surface area (Å²) in [5, 5.41) is 6.02. The maximum Gasteiger partial charge on any atom is 0.233 e. The molecule has 5 nitrogen and oxygen atoms in total. The van der Waals surface area contributed by atoms with Gasteiger partial charge in [-0.2, -0.15) is 0 Å². The van der Waals surface area contributed by atoms with Gasteiger partial charge in [0, 0.05) is 24.9 Å². The van der Waals surface area contributed by atoms with Crippen molar-refractivity contribution in [1.29, 1.82) is 0 Å². The highest BCUT2D eigenvalue weighted by Gasteiger charge is 2.44. The molecule has 1 aliphatic rings. The number of allylic oxidation sites excluding steroid dienone is 1. The zero-order valence-corrected chi connectivity index (χ0v) is 23.6. The normalized spacial score (nSPS) is 16.6. The number of hydrogen-bond donors (Lipinski definition) is 2. The minimum absolute atomic E-state index is 0.00988. The van der Waals surface area contributed by atoms with Gasteiger partial charge in [-0.3, -0.25) is 14.4 Å². The van der Waals surface area contributed by atoms with E-state index in [2.05, 4.69) is 10.6 Å². The van der Waals surface area contributed by atoms with E-state index in [1.165, 1.54) is 0 Å². The van der Waals surface area contributed by atoms with Gasteiger partial charge in [-0.15, -0.1) is 0 Å². The second kappa shape index (κ2) is 14.2. The van der Waals surface area contributed by atoms with Gasteiger partial charge >= 0.3 is 0 Å². The van der Waals surface area contributed by atoms with Gasteiger partial charge in [0.1, 0.15) is 5.92 Å². The summed E-state index contributed by atoms with van der Waals surface area (Å²) in [5.41, 5.74) is 4.40. The van der Waals surface area contributed by atoms with Crippen LogP contribution in [0.25, 0.3) is 6.08 Å². The fourth-order valence-corrected chi connectivity index (χ4v) is 5.81. The zero-order chi connectivity index (χ0) is 29.1. The highest BCUT2D eigenvalue weighted by atomic mass is 16.2. The number of benzene rings is 4. The second-order valence-corrected chi connectivity index (χ2v) is 10.8. The van der Waals surface area contributed by atoms with Gasteiger partial charge in [-0.1, -0.05) is 121 Å². The van der Waals surface area contributed by atoms with E-state index in [0.29, 0.717) is 25.9 Å². The number of amides is 2. The lowest BCUT2D eigenvalue weighted by Crippen LogP contribution is -2.47. The molecule has 42 heavy (non-hydrogen) atoms. The van der Waals surface area contributed by atoms with E-state index < -0.39 is 17.8 Å². The van der Waals surface area contributed by atoms with Crippen LogP contribution >= 0.6 is 0 Å². The third-order valence-corrected chi connectivity index (χ3v) is 7.92. The Kier molecular flexibility index (Phi) is 9.73. The zero-order valence-electron chi connectivity index (χ0n) is 23.6. The molecule has 0 radical (unpaired) electrons. The van der Waals surface area contributed by atoms with Crippen LogP contribution in [-0.4, -0.2) is 17.6 Å². The molecule has 5 rings (SSSR count). The van der Waals surface area contributed by atoms with Crippen molar-refractivity contribution >= 4 is 23.7 Å². The molecule has 0 spiro atoms. The van der Waals surface area contributed by atoms with E-state index in [9.17, 15) is 14.4 Å². The first kappa shape index (κ1) is 28.7. The fraction of sp³-hybridized carbons (Fsp3) is 0.216. The molecule has 4 aromatic rings. The van der Waals surface area contributed by atoms with E-state index in [0.717, 1.165) is 34.2 Å². The van der Waals surface area contributed by atoms with Crippen LogP contribution < -0.4 is 10.6 Å². The molecule has 2 amide bonds. The van der Waals surface area contributed by atoms with Crippen LogP contribution in [0.2, 0.25) is 0 Å². The Hall–Kier alpha value is -4.77. The van der Waals surface area contributed by atoms with Crippen molar-refractivity contribution in [3.63, 3.8) is 0 Å². The lowest BCUT2D eigenvalue weighted by molar-refractivity contribution is -0.138. The molecular formula is C37H36N2O3. The topological polar surface area (TPSA) is 75.3 Å². The molecule has 0 bridgehead atoms. The van der Waals surface area contributed by atoms with E-state index in [-0.39, 0.29) is 17.6 Å². The Morgan fingerprint density at radius 3 is 1.69 bits per heavy atom. The molecule has 2 unspecified atom stereocenters. The number of rotatable bonds is 10. The van der Waals surface area contributed by atoms with Crippen molar-refractivity contribution in [3.8, 4) is 0 Å². The standard InChI is InChI=1S/C37H36N2O3/c40-35-31(24-27-14-5-1-6-15-27)22-13-23-32(35)33(30-20-11-4-12-21-30)34(36(41)38-25-28-16-7-2-8-17-28)37(42)39-26-29-18-9-3-10-19-29/h1-12,14-21,24,32-34H,13,22-23,25-26H2,(H,38,41)(H,39,42)/b31-24+. The number of Topliss-reactive ketones (excluding diaryl/α,β-unsaturated/α-hetero) is 1. The van der Waals surface area contributed by atoms with Gasteiger partial charge in [0.05, 0.1) is 0 Å². The molecule has 212 valence electrons. The number of ketones is 1. The Morgan fingerprint density at radius 1 is 0.690 bits per heavy atom. The first-order valence-electron chi connectivity index (χ1n) is 14.6. The van der Waals surface area contributed by atoms with Crippen LogP contribution in [0, 0.1) is 11.8 Å². The van der Waals surface area contributed by atoms with Crippen LogP contribution in [0.15, 0.2) is 127 Å². The predicted octanol–water partition coefficient (Wildman–Crippen LogP) is 6.47.